The number of carboxylic acids is 1. The smallest absolute Gasteiger partial charge is 0.303 e. The molecule has 2 amide bonds. The minimum Gasteiger partial charge on any atom is -0.481 e. The van der Waals surface area contributed by atoms with Gasteiger partial charge in [-0.1, -0.05) is 13.8 Å². The average Bonchev–Trinajstić information content (AvgIpc) is 2.77. The molecule has 20 heavy (non-hydrogen) atoms. The second-order valence-corrected chi connectivity index (χ2v) is 6.23. The van der Waals surface area contributed by atoms with E-state index in [2.05, 4.69) is 5.32 Å². The lowest BCUT2D eigenvalue weighted by molar-refractivity contribution is -0.140. The summed E-state index contributed by atoms with van der Waals surface area (Å²) in [5, 5.41) is 11.4. The Bertz CT molecular complexity index is 387. The third kappa shape index (κ3) is 5.19. The molecule has 0 radical (unpaired) electrons. The van der Waals surface area contributed by atoms with Crippen LogP contribution in [0, 0.1) is 5.41 Å². The van der Waals surface area contributed by atoms with Gasteiger partial charge in [-0.25, -0.2) is 0 Å². The Morgan fingerprint density at radius 2 is 1.75 bits per heavy atom. The van der Waals surface area contributed by atoms with E-state index in [9.17, 15) is 14.4 Å². The Morgan fingerprint density at radius 3 is 2.25 bits per heavy atom. The van der Waals surface area contributed by atoms with Crippen LogP contribution in [-0.4, -0.2) is 46.9 Å². The van der Waals surface area contributed by atoms with E-state index in [1.807, 2.05) is 0 Å². The van der Waals surface area contributed by atoms with Crippen LogP contribution in [0.25, 0.3) is 0 Å². The van der Waals surface area contributed by atoms with Crippen molar-refractivity contribution < 1.29 is 19.5 Å². The number of nitrogens with one attached hydrogen (secondary N) is 1. The van der Waals surface area contributed by atoms with Gasteiger partial charge in [-0.05, 0) is 25.2 Å². The highest BCUT2D eigenvalue weighted by Gasteiger charge is 2.28. The van der Waals surface area contributed by atoms with Crippen LogP contribution in [0.1, 0.15) is 46.5 Å². The molecule has 0 aliphatic carbocycles. The van der Waals surface area contributed by atoms with Crippen LogP contribution >= 0.6 is 0 Å². The Labute approximate surface area is 119 Å². The molecule has 2 N–H and O–H groups in total. The van der Waals surface area contributed by atoms with Crippen molar-refractivity contribution in [3.8, 4) is 0 Å². The summed E-state index contributed by atoms with van der Waals surface area (Å²) < 4.78 is 0. The summed E-state index contributed by atoms with van der Waals surface area (Å²) in [6.45, 7) is 6.64. The van der Waals surface area contributed by atoms with Gasteiger partial charge in [0.25, 0.3) is 0 Å². The molecule has 1 saturated heterocycles. The molecule has 1 unspecified atom stereocenters. The summed E-state index contributed by atoms with van der Waals surface area (Å²) in [5.41, 5.74) is -0.619. The first kappa shape index (κ1) is 16.5. The molecule has 1 rings (SSSR count). The maximum Gasteiger partial charge on any atom is 0.303 e. The van der Waals surface area contributed by atoms with Crippen LogP contribution in [0.4, 0.5) is 0 Å². The monoisotopic (exact) mass is 284 g/mol. The molecule has 1 aliphatic heterocycles. The van der Waals surface area contributed by atoms with Crippen molar-refractivity contribution in [2.24, 2.45) is 5.41 Å². The van der Waals surface area contributed by atoms with E-state index < -0.39 is 17.4 Å². The van der Waals surface area contributed by atoms with Crippen LogP contribution in [0.2, 0.25) is 0 Å². The van der Waals surface area contributed by atoms with Gasteiger partial charge in [0, 0.05) is 19.5 Å². The maximum absolute atomic E-state index is 12.0. The average molecular weight is 284 g/mol. The molecule has 1 aliphatic rings. The molecule has 1 heterocycles. The number of hydrogen-bond acceptors (Lipinski definition) is 3. The molecule has 0 spiro atoms. The standard InChI is InChI=1S/C14H24N2O4/c1-10(13(20)16-6-4-5-7-16)15-11(17)8-14(2,3)9-12(18)19/h10H,4-9H2,1-3H3,(H,15,17)(H,18,19). The van der Waals surface area contributed by atoms with Crippen LogP contribution in [0.15, 0.2) is 0 Å². The van der Waals surface area contributed by atoms with Crippen molar-refractivity contribution in [3.05, 3.63) is 0 Å². The quantitative estimate of drug-likeness (QED) is 0.762. The zero-order valence-corrected chi connectivity index (χ0v) is 12.4. The van der Waals surface area contributed by atoms with Gasteiger partial charge in [0.2, 0.25) is 11.8 Å². The van der Waals surface area contributed by atoms with Gasteiger partial charge in [0.05, 0.1) is 6.42 Å². The van der Waals surface area contributed by atoms with Crippen LogP contribution in [-0.2, 0) is 14.4 Å². The lowest BCUT2D eigenvalue weighted by Crippen LogP contribution is -2.46. The Balaban J connectivity index is 2.44. The molecule has 0 bridgehead atoms. The summed E-state index contributed by atoms with van der Waals surface area (Å²) >= 11 is 0. The van der Waals surface area contributed by atoms with E-state index in [0.717, 1.165) is 25.9 Å². The minimum atomic E-state index is -0.927. The van der Waals surface area contributed by atoms with Gasteiger partial charge in [0.1, 0.15) is 6.04 Å². The maximum atomic E-state index is 12.0. The summed E-state index contributed by atoms with van der Waals surface area (Å²) in [7, 11) is 0. The van der Waals surface area contributed by atoms with Crippen molar-refractivity contribution >= 4 is 17.8 Å². The number of nitrogens with zero attached hydrogens (tertiary/aromatic N) is 1. The molecule has 1 atom stereocenters. The fourth-order valence-electron chi connectivity index (χ4n) is 2.47. The van der Waals surface area contributed by atoms with E-state index in [-0.39, 0.29) is 24.7 Å². The predicted octanol–water partition coefficient (Wildman–Crippen LogP) is 1.00. The third-order valence-corrected chi connectivity index (χ3v) is 3.43. The van der Waals surface area contributed by atoms with Gasteiger partial charge in [-0.2, -0.15) is 0 Å². The first-order chi connectivity index (χ1) is 9.21. The number of carbonyl (C=O) groups is 3. The van der Waals surface area contributed by atoms with Crippen LogP contribution < -0.4 is 5.32 Å². The second kappa shape index (κ2) is 6.72. The second-order valence-electron chi connectivity index (χ2n) is 6.23. The first-order valence-corrected chi connectivity index (χ1v) is 7.01. The zero-order valence-electron chi connectivity index (χ0n) is 12.4. The van der Waals surface area contributed by atoms with E-state index in [1.54, 1.807) is 25.7 Å². The summed E-state index contributed by atoms with van der Waals surface area (Å²) in [5.74, 6) is -1.27. The number of hydrogen-bond donors (Lipinski definition) is 2. The largest absolute Gasteiger partial charge is 0.481 e. The summed E-state index contributed by atoms with van der Waals surface area (Å²) in [6.07, 6.45) is 2.04. The summed E-state index contributed by atoms with van der Waals surface area (Å²) in [4.78, 5) is 36.4. The molecule has 0 aromatic rings. The van der Waals surface area contributed by atoms with Crippen molar-refractivity contribution in [3.63, 3.8) is 0 Å². The topological polar surface area (TPSA) is 86.7 Å². The van der Waals surface area contributed by atoms with Gasteiger partial charge < -0.3 is 15.3 Å². The fraction of sp³-hybridized carbons (Fsp3) is 0.786. The van der Waals surface area contributed by atoms with Gasteiger partial charge >= 0.3 is 5.97 Å². The van der Waals surface area contributed by atoms with Gasteiger partial charge in [-0.3, -0.25) is 14.4 Å². The van der Waals surface area contributed by atoms with Crippen LogP contribution in [0.3, 0.4) is 0 Å². The van der Waals surface area contributed by atoms with Crippen LogP contribution in [0.5, 0.6) is 0 Å². The minimum absolute atomic E-state index is 0.0631. The molecule has 6 nitrogen and oxygen atoms in total. The molecule has 114 valence electrons. The number of carbonyl (C=O) groups excluding carboxylic acids is 2. The molecule has 6 heteroatoms. The molecule has 0 saturated carbocycles. The normalized spacial score (nSPS) is 16.9. The molecular weight excluding hydrogens is 260 g/mol. The van der Waals surface area contributed by atoms with E-state index in [0.29, 0.717) is 0 Å². The van der Waals surface area contributed by atoms with Crippen molar-refractivity contribution in [1.29, 1.82) is 0 Å². The highest BCUT2D eigenvalue weighted by molar-refractivity contribution is 5.87. The predicted molar refractivity (Wildman–Crippen MR) is 74.1 cm³/mol. The van der Waals surface area contributed by atoms with Crippen molar-refractivity contribution in [1.82, 2.24) is 10.2 Å². The number of amides is 2. The SMILES string of the molecule is CC(NC(=O)CC(C)(C)CC(=O)O)C(=O)N1CCCC1. The van der Waals surface area contributed by atoms with E-state index >= 15 is 0 Å². The van der Waals surface area contributed by atoms with E-state index in [4.69, 9.17) is 5.11 Å². The highest BCUT2D eigenvalue weighted by atomic mass is 16.4. The van der Waals surface area contributed by atoms with Crippen molar-refractivity contribution in [2.45, 2.75) is 52.5 Å². The molecule has 1 fully saturated rings. The lowest BCUT2D eigenvalue weighted by Gasteiger charge is -2.24. The third-order valence-electron chi connectivity index (χ3n) is 3.43. The number of aliphatic carboxylic acids is 1. The number of carboxylic acid groups (broad SMARTS) is 1. The summed E-state index contributed by atoms with van der Waals surface area (Å²) in [6, 6.07) is -0.554. The Hall–Kier alpha value is -1.59. The Kier molecular flexibility index (Phi) is 5.53. The van der Waals surface area contributed by atoms with Crippen molar-refractivity contribution in [2.75, 3.05) is 13.1 Å². The zero-order chi connectivity index (χ0) is 15.3. The molecule has 0 aromatic carbocycles. The highest BCUT2D eigenvalue weighted by Crippen LogP contribution is 2.24. The molecular formula is C14H24N2O4. The first-order valence-electron chi connectivity index (χ1n) is 7.01. The Morgan fingerprint density at radius 1 is 1.20 bits per heavy atom. The number of likely N-dealkylation sites (tertiary alicyclic amines) is 1. The molecule has 0 aromatic heterocycles. The lowest BCUT2D eigenvalue weighted by atomic mass is 9.85. The fourth-order valence-corrected chi connectivity index (χ4v) is 2.47. The number of rotatable bonds is 6. The van der Waals surface area contributed by atoms with Gasteiger partial charge in [0.15, 0.2) is 0 Å². The van der Waals surface area contributed by atoms with Gasteiger partial charge in [-0.15, -0.1) is 0 Å². The van der Waals surface area contributed by atoms with E-state index in [1.165, 1.54) is 0 Å².